The van der Waals surface area contributed by atoms with Crippen LogP contribution in [-0.4, -0.2) is 63.9 Å². The standard InChI is InChI=1S/C19H23FN4O4S2.ClH/c1-3-23(10-17(26)27)9-16(25)24-6-4-5-13(24)14-7-12(11(2)29-14)18(28)22-19-21-8-15(20)30-19;/h7-8,13H,3-6,9-10H2,1-2H3,(H,26,27)(H,21,22,28);1H/t13-;/m0./s1. The number of anilines is 1. The first kappa shape index (κ1) is 25.2. The number of carboxylic acid groups (broad SMARTS) is 1. The topological polar surface area (TPSA) is 103 Å². The maximum atomic E-state index is 13.1. The molecule has 3 rings (SSSR count). The van der Waals surface area contributed by atoms with Crippen molar-refractivity contribution >= 4 is 58.0 Å². The van der Waals surface area contributed by atoms with E-state index in [0.717, 1.165) is 40.1 Å². The molecule has 0 aromatic carbocycles. The minimum absolute atomic E-state index is 0. The Morgan fingerprint density at radius 3 is 2.71 bits per heavy atom. The van der Waals surface area contributed by atoms with Gasteiger partial charge in [0.15, 0.2) is 10.3 Å². The van der Waals surface area contributed by atoms with Gasteiger partial charge < -0.3 is 10.0 Å². The highest BCUT2D eigenvalue weighted by molar-refractivity contribution is 7.14. The molecule has 1 aliphatic heterocycles. The summed E-state index contributed by atoms with van der Waals surface area (Å²) in [5.41, 5.74) is 0.478. The summed E-state index contributed by atoms with van der Waals surface area (Å²) < 4.78 is 13.1. The molecule has 1 saturated heterocycles. The third kappa shape index (κ3) is 6.22. The summed E-state index contributed by atoms with van der Waals surface area (Å²) in [6.07, 6.45) is 2.69. The number of likely N-dealkylation sites (N-methyl/N-ethyl adjacent to an activating group) is 1. The van der Waals surface area contributed by atoms with Gasteiger partial charge in [-0.3, -0.25) is 24.6 Å². The van der Waals surface area contributed by atoms with Crippen molar-refractivity contribution in [1.29, 1.82) is 0 Å². The number of thiazole rings is 1. The normalized spacial score (nSPS) is 15.7. The summed E-state index contributed by atoms with van der Waals surface area (Å²) in [6.45, 7) is 4.59. The van der Waals surface area contributed by atoms with Crippen LogP contribution in [0, 0.1) is 12.1 Å². The molecular weight excluding hydrogens is 467 g/mol. The first-order chi connectivity index (χ1) is 14.3. The number of thiophene rings is 1. The summed E-state index contributed by atoms with van der Waals surface area (Å²) in [7, 11) is 0. The Hall–Kier alpha value is -2.08. The molecule has 0 bridgehead atoms. The third-order valence-electron chi connectivity index (χ3n) is 4.95. The van der Waals surface area contributed by atoms with E-state index in [1.54, 1.807) is 15.9 Å². The predicted octanol–water partition coefficient (Wildman–Crippen LogP) is 3.40. The van der Waals surface area contributed by atoms with Gasteiger partial charge in [0.2, 0.25) is 5.91 Å². The van der Waals surface area contributed by atoms with E-state index in [2.05, 4.69) is 10.3 Å². The van der Waals surface area contributed by atoms with Crippen molar-refractivity contribution in [1.82, 2.24) is 14.8 Å². The number of likely N-dealkylation sites (tertiary alicyclic amines) is 1. The molecular formula is C19H24ClFN4O4S2. The van der Waals surface area contributed by atoms with Crippen LogP contribution < -0.4 is 5.32 Å². The van der Waals surface area contributed by atoms with Crippen LogP contribution in [0.5, 0.6) is 0 Å². The van der Waals surface area contributed by atoms with Crippen LogP contribution in [0.1, 0.15) is 45.9 Å². The fraction of sp³-hybridized carbons (Fsp3) is 0.474. The zero-order valence-electron chi connectivity index (χ0n) is 17.1. The number of aryl methyl sites for hydroxylation is 1. The van der Waals surface area contributed by atoms with E-state index in [1.165, 1.54) is 11.3 Å². The van der Waals surface area contributed by atoms with Crippen LogP contribution in [0.15, 0.2) is 12.3 Å². The molecule has 8 nitrogen and oxygen atoms in total. The van der Waals surface area contributed by atoms with E-state index in [0.29, 0.717) is 18.7 Å². The fourth-order valence-electron chi connectivity index (χ4n) is 3.49. The van der Waals surface area contributed by atoms with E-state index in [-0.39, 0.29) is 48.5 Å². The molecule has 2 N–H and O–H groups in total. The summed E-state index contributed by atoms with van der Waals surface area (Å²) in [5, 5.41) is 11.3. The molecule has 170 valence electrons. The average Bonchev–Trinajstić information content (AvgIpc) is 3.40. The highest BCUT2D eigenvalue weighted by Crippen LogP contribution is 2.37. The van der Waals surface area contributed by atoms with Crippen LogP contribution in [0.4, 0.5) is 9.52 Å². The number of amides is 2. The second-order valence-corrected chi connectivity index (χ2v) is 9.25. The van der Waals surface area contributed by atoms with Crippen molar-refractivity contribution in [3.8, 4) is 0 Å². The van der Waals surface area contributed by atoms with Crippen molar-refractivity contribution in [3.63, 3.8) is 0 Å². The number of aliphatic carboxylic acids is 1. The lowest BCUT2D eigenvalue weighted by molar-refractivity contribution is -0.139. The van der Waals surface area contributed by atoms with Gasteiger partial charge in [-0.1, -0.05) is 18.3 Å². The van der Waals surface area contributed by atoms with Gasteiger partial charge in [0.25, 0.3) is 5.91 Å². The molecule has 1 atom stereocenters. The molecule has 0 saturated carbocycles. The molecule has 31 heavy (non-hydrogen) atoms. The van der Waals surface area contributed by atoms with E-state index < -0.39 is 11.1 Å². The highest BCUT2D eigenvalue weighted by atomic mass is 35.5. The number of hydrogen-bond acceptors (Lipinski definition) is 7. The number of halogens is 2. The predicted molar refractivity (Wildman–Crippen MR) is 120 cm³/mol. The summed E-state index contributed by atoms with van der Waals surface area (Å²) in [4.78, 5) is 45.2. The second kappa shape index (κ2) is 11.0. The molecule has 0 aliphatic carbocycles. The minimum atomic E-state index is -0.965. The largest absolute Gasteiger partial charge is 0.480 e. The van der Waals surface area contributed by atoms with Gasteiger partial charge in [0.05, 0.1) is 30.9 Å². The summed E-state index contributed by atoms with van der Waals surface area (Å²) in [5.74, 6) is -1.44. The number of carbonyl (C=O) groups is 3. The zero-order chi connectivity index (χ0) is 21.8. The van der Waals surface area contributed by atoms with Crippen molar-refractivity contribution in [2.45, 2.75) is 32.7 Å². The van der Waals surface area contributed by atoms with Gasteiger partial charge in [0, 0.05) is 16.3 Å². The molecule has 2 aromatic rings. The lowest BCUT2D eigenvalue weighted by atomic mass is 10.1. The average molecular weight is 491 g/mol. The Morgan fingerprint density at radius 2 is 2.10 bits per heavy atom. The maximum Gasteiger partial charge on any atom is 0.317 e. The zero-order valence-corrected chi connectivity index (χ0v) is 19.5. The number of rotatable bonds is 8. The van der Waals surface area contributed by atoms with Gasteiger partial charge in [0.1, 0.15) is 0 Å². The van der Waals surface area contributed by atoms with Gasteiger partial charge in [-0.25, -0.2) is 4.98 Å². The number of nitrogens with one attached hydrogen (secondary N) is 1. The fourth-order valence-corrected chi connectivity index (χ4v) is 5.20. The van der Waals surface area contributed by atoms with Crippen molar-refractivity contribution in [2.75, 3.05) is 31.5 Å². The number of carboxylic acids is 1. The van der Waals surface area contributed by atoms with E-state index in [9.17, 15) is 18.8 Å². The molecule has 0 unspecified atom stereocenters. The Balaban J connectivity index is 0.00000341. The summed E-state index contributed by atoms with van der Waals surface area (Å²) >= 11 is 2.22. The molecule has 0 spiro atoms. The van der Waals surface area contributed by atoms with Crippen LogP contribution in [0.25, 0.3) is 0 Å². The highest BCUT2D eigenvalue weighted by Gasteiger charge is 2.32. The second-order valence-electron chi connectivity index (χ2n) is 6.98. The van der Waals surface area contributed by atoms with Crippen LogP contribution in [0.3, 0.4) is 0 Å². The van der Waals surface area contributed by atoms with Crippen molar-refractivity contribution < 1.29 is 23.9 Å². The molecule has 1 aliphatic rings. The van der Waals surface area contributed by atoms with Crippen LogP contribution in [-0.2, 0) is 9.59 Å². The van der Waals surface area contributed by atoms with Crippen LogP contribution in [0.2, 0.25) is 0 Å². The van der Waals surface area contributed by atoms with Crippen LogP contribution >= 0.6 is 35.1 Å². The molecule has 3 heterocycles. The van der Waals surface area contributed by atoms with Crippen molar-refractivity contribution in [2.24, 2.45) is 0 Å². The Kier molecular flexibility index (Phi) is 8.92. The lowest BCUT2D eigenvalue weighted by Crippen LogP contribution is -2.41. The Morgan fingerprint density at radius 1 is 1.35 bits per heavy atom. The number of carbonyl (C=O) groups excluding carboxylic acids is 2. The lowest BCUT2D eigenvalue weighted by Gasteiger charge is -2.27. The van der Waals surface area contributed by atoms with Gasteiger partial charge in [-0.2, -0.15) is 4.39 Å². The smallest absolute Gasteiger partial charge is 0.317 e. The van der Waals surface area contributed by atoms with E-state index in [1.807, 2.05) is 13.8 Å². The number of hydrogen-bond donors (Lipinski definition) is 2. The number of nitrogens with zero attached hydrogens (tertiary/aromatic N) is 3. The molecule has 1 fully saturated rings. The van der Waals surface area contributed by atoms with E-state index in [4.69, 9.17) is 5.11 Å². The van der Waals surface area contributed by atoms with Gasteiger partial charge in [-0.15, -0.1) is 23.7 Å². The Labute approximate surface area is 193 Å². The Bertz CT molecular complexity index is 951. The molecule has 0 radical (unpaired) electrons. The first-order valence-electron chi connectivity index (χ1n) is 9.55. The maximum absolute atomic E-state index is 13.1. The molecule has 2 amide bonds. The van der Waals surface area contributed by atoms with Gasteiger partial charge in [-0.05, 0) is 32.4 Å². The SMILES string of the molecule is CCN(CC(=O)O)CC(=O)N1CCC[C@H]1c1cc(C(=O)Nc2ncc(F)s2)c(C)s1.Cl. The summed E-state index contributed by atoms with van der Waals surface area (Å²) in [6, 6.07) is 1.65. The van der Waals surface area contributed by atoms with E-state index >= 15 is 0 Å². The first-order valence-corrected chi connectivity index (χ1v) is 11.2. The molecule has 2 aromatic heterocycles. The quantitative estimate of drug-likeness (QED) is 0.588. The van der Waals surface area contributed by atoms with Gasteiger partial charge >= 0.3 is 5.97 Å². The minimum Gasteiger partial charge on any atom is -0.480 e. The third-order valence-corrected chi connectivity index (χ3v) is 6.80. The molecule has 12 heteroatoms. The number of aromatic nitrogens is 1. The van der Waals surface area contributed by atoms with Crippen molar-refractivity contribution in [3.05, 3.63) is 32.7 Å². The monoisotopic (exact) mass is 490 g/mol.